The molecule has 1 aliphatic rings. The highest BCUT2D eigenvalue weighted by molar-refractivity contribution is 7.80. The summed E-state index contributed by atoms with van der Waals surface area (Å²) in [5.41, 5.74) is 0.326. The molecule has 0 saturated heterocycles. The molecule has 0 aliphatic carbocycles. The molecule has 1 aromatic carbocycles. The lowest BCUT2D eigenvalue weighted by Gasteiger charge is -2.46. The number of ether oxygens (including phenoxy) is 1. The molecular weight excluding hydrogens is 439 g/mol. The number of amides is 1. The molecule has 2 aromatic rings. The van der Waals surface area contributed by atoms with Crippen molar-refractivity contribution in [3.63, 3.8) is 0 Å². The second-order valence-electron chi connectivity index (χ2n) is 9.05. The molecule has 1 amide bonds. The van der Waals surface area contributed by atoms with Crippen molar-refractivity contribution in [1.82, 2.24) is 5.32 Å². The van der Waals surface area contributed by atoms with Crippen molar-refractivity contribution in [3.05, 3.63) is 51.7 Å². The van der Waals surface area contributed by atoms with Crippen LogP contribution in [-0.4, -0.2) is 27.7 Å². The predicted octanol–water partition coefficient (Wildman–Crippen LogP) is 5.15. The van der Waals surface area contributed by atoms with Crippen molar-refractivity contribution in [3.8, 4) is 0 Å². The lowest BCUT2D eigenvalue weighted by molar-refractivity contribution is -0.0843. The van der Waals surface area contributed by atoms with E-state index in [0.29, 0.717) is 11.6 Å². The maximum Gasteiger partial charge on any atom is 0.339 e. The number of hydrogen-bond acceptors (Lipinski definition) is 5. The number of thiophene rings is 1. The van der Waals surface area contributed by atoms with Crippen LogP contribution in [0, 0.1) is 11.2 Å². The fourth-order valence-corrected chi connectivity index (χ4v) is 5.68. The fraction of sp³-hybridized carbons (Fsp3) is 0.409. The highest BCUT2D eigenvalue weighted by Crippen LogP contribution is 2.53. The highest BCUT2D eigenvalue weighted by Gasteiger charge is 2.47. The van der Waals surface area contributed by atoms with Crippen LogP contribution in [0.1, 0.15) is 71.7 Å². The zero-order valence-electron chi connectivity index (χ0n) is 18.0. The van der Waals surface area contributed by atoms with Crippen LogP contribution < -0.4 is 10.6 Å². The molecule has 0 spiro atoms. The van der Waals surface area contributed by atoms with Crippen LogP contribution in [-0.2, 0) is 11.3 Å². The third-order valence-corrected chi connectivity index (χ3v) is 6.52. The van der Waals surface area contributed by atoms with Crippen molar-refractivity contribution in [2.75, 3.05) is 5.32 Å². The van der Waals surface area contributed by atoms with Gasteiger partial charge in [-0.3, -0.25) is 10.1 Å². The van der Waals surface area contributed by atoms with Gasteiger partial charge in [-0.15, -0.1) is 11.3 Å². The van der Waals surface area contributed by atoms with E-state index in [2.05, 4.69) is 31.4 Å². The molecule has 0 fully saturated rings. The Kier molecular flexibility index (Phi) is 6.23. The van der Waals surface area contributed by atoms with E-state index < -0.39 is 23.3 Å². The Morgan fingerprint density at radius 2 is 1.87 bits per heavy atom. The summed E-state index contributed by atoms with van der Waals surface area (Å²) < 4.78 is 19.1. The molecule has 0 radical (unpaired) electrons. The first kappa shape index (κ1) is 23.3. The summed E-state index contributed by atoms with van der Waals surface area (Å²) in [6.07, 6.45) is 0. The van der Waals surface area contributed by atoms with Crippen LogP contribution in [0.3, 0.4) is 0 Å². The van der Waals surface area contributed by atoms with Gasteiger partial charge in [-0.05, 0) is 61.3 Å². The van der Waals surface area contributed by atoms with Crippen molar-refractivity contribution in [2.24, 2.45) is 5.41 Å². The van der Waals surface area contributed by atoms with Gasteiger partial charge >= 0.3 is 5.97 Å². The number of benzene rings is 1. The number of hydrogen-bond donors (Lipinski definition) is 3. The molecule has 2 heterocycles. The summed E-state index contributed by atoms with van der Waals surface area (Å²) in [4.78, 5) is 25.4. The zero-order valence-corrected chi connectivity index (χ0v) is 19.6. The van der Waals surface area contributed by atoms with Crippen molar-refractivity contribution >= 4 is 45.5 Å². The number of aromatic carboxylic acids is 1. The van der Waals surface area contributed by atoms with Gasteiger partial charge in [0.15, 0.2) is 5.11 Å². The maximum atomic E-state index is 13.1. The number of halogens is 1. The molecule has 1 unspecified atom stereocenters. The third kappa shape index (κ3) is 4.78. The number of anilines is 1. The van der Waals surface area contributed by atoms with Gasteiger partial charge in [0.2, 0.25) is 0 Å². The van der Waals surface area contributed by atoms with Crippen molar-refractivity contribution in [2.45, 2.75) is 52.7 Å². The molecule has 6 nitrogen and oxygen atoms in total. The van der Waals surface area contributed by atoms with E-state index in [9.17, 15) is 19.1 Å². The van der Waals surface area contributed by atoms with Crippen LogP contribution in [0.5, 0.6) is 0 Å². The Labute approximate surface area is 189 Å². The summed E-state index contributed by atoms with van der Waals surface area (Å²) in [6, 6.07) is 5.03. The SMILES string of the molecule is CC(C)(C)C1c2c(sc(NC(=S)NC(=O)c3ccc(F)cc3)c2C(=O)O)COC1(C)C. The predicted molar refractivity (Wildman–Crippen MR) is 122 cm³/mol. The van der Waals surface area contributed by atoms with Crippen LogP contribution >= 0.6 is 23.6 Å². The minimum atomic E-state index is -1.07. The van der Waals surface area contributed by atoms with E-state index in [1.54, 1.807) is 0 Å². The smallest absolute Gasteiger partial charge is 0.339 e. The van der Waals surface area contributed by atoms with Gasteiger partial charge in [0, 0.05) is 16.4 Å². The summed E-state index contributed by atoms with van der Waals surface area (Å²) >= 11 is 6.50. The van der Waals surface area contributed by atoms with E-state index in [-0.39, 0.29) is 27.6 Å². The molecule has 1 aliphatic heterocycles. The van der Waals surface area contributed by atoms with E-state index in [1.165, 1.54) is 35.6 Å². The van der Waals surface area contributed by atoms with Crippen LogP contribution in [0.2, 0.25) is 0 Å². The third-order valence-electron chi connectivity index (χ3n) is 5.22. The maximum absolute atomic E-state index is 13.1. The Morgan fingerprint density at radius 3 is 2.42 bits per heavy atom. The van der Waals surface area contributed by atoms with E-state index in [4.69, 9.17) is 17.0 Å². The van der Waals surface area contributed by atoms with Gasteiger partial charge in [-0.1, -0.05) is 20.8 Å². The summed E-state index contributed by atoms with van der Waals surface area (Å²) in [5, 5.41) is 15.7. The Bertz CT molecular complexity index is 1040. The minimum absolute atomic E-state index is 0.0390. The number of carbonyl (C=O) groups is 2. The molecule has 3 rings (SSSR count). The first-order chi connectivity index (χ1) is 14.3. The number of rotatable bonds is 3. The second-order valence-corrected chi connectivity index (χ2v) is 10.6. The van der Waals surface area contributed by atoms with Gasteiger partial charge < -0.3 is 15.2 Å². The Morgan fingerprint density at radius 1 is 1.26 bits per heavy atom. The second kappa shape index (κ2) is 8.29. The van der Waals surface area contributed by atoms with Gasteiger partial charge in [-0.25, -0.2) is 9.18 Å². The Balaban J connectivity index is 1.92. The lowest BCUT2D eigenvalue weighted by atomic mass is 9.66. The van der Waals surface area contributed by atoms with E-state index in [1.807, 2.05) is 13.8 Å². The lowest BCUT2D eigenvalue weighted by Crippen LogP contribution is -2.43. The zero-order chi connectivity index (χ0) is 23.1. The van der Waals surface area contributed by atoms with Crippen LogP contribution in [0.4, 0.5) is 9.39 Å². The van der Waals surface area contributed by atoms with E-state index in [0.717, 1.165) is 10.4 Å². The van der Waals surface area contributed by atoms with Gasteiger partial charge in [0.25, 0.3) is 5.91 Å². The fourth-order valence-electron chi connectivity index (χ4n) is 4.27. The number of fused-ring (bicyclic) bond motifs is 1. The number of carboxylic acid groups (broad SMARTS) is 1. The average molecular weight is 465 g/mol. The van der Waals surface area contributed by atoms with Crippen molar-refractivity contribution in [1.29, 1.82) is 0 Å². The molecule has 0 saturated carbocycles. The molecule has 166 valence electrons. The largest absolute Gasteiger partial charge is 0.478 e. The van der Waals surface area contributed by atoms with Gasteiger partial charge in [0.05, 0.1) is 17.8 Å². The molecule has 31 heavy (non-hydrogen) atoms. The monoisotopic (exact) mass is 464 g/mol. The topological polar surface area (TPSA) is 87.7 Å². The molecular formula is C22H25FN2O4S2. The average Bonchev–Trinajstić information content (AvgIpc) is 2.97. The molecule has 0 bridgehead atoms. The first-order valence-electron chi connectivity index (χ1n) is 9.72. The van der Waals surface area contributed by atoms with E-state index >= 15 is 0 Å². The first-order valence-corrected chi connectivity index (χ1v) is 10.9. The summed E-state index contributed by atoms with van der Waals surface area (Å²) in [5.74, 6) is -2.21. The van der Waals surface area contributed by atoms with Gasteiger partial charge in [-0.2, -0.15) is 0 Å². The summed E-state index contributed by atoms with van der Waals surface area (Å²) in [6.45, 7) is 10.4. The molecule has 1 aromatic heterocycles. The quantitative estimate of drug-likeness (QED) is 0.545. The highest BCUT2D eigenvalue weighted by atomic mass is 32.1. The molecule has 9 heteroatoms. The summed E-state index contributed by atoms with van der Waals surface area (Å²) in [7, 11) is 0. The number of carboxylic acids is 1. The standard InChI is InChI=1S/C22H25FN2O4S2/c1-21(2,3)16-14-13(10-29-22(16,4)5)31-18(15(14)19(27)28)25-20(30)24-17(26)11-6-8-12(23)9-7-11/h6-9,16H,10H2,1-5H3,(H,27,28)(H2,24,25,26,30). The number of thiocarbonyl (C=S) groups is 1. The number of carbonyl (C=O) groups excluding carboxylic acids is 1. The number of nitrogens with one attached hydrogen (secondary N) is 2. The molecule has 3 N–H and O–H groups in total. The van der Waals surface area contributed by atoms with Crippen molar-refractivity contribution < 1.29 is 23.8 Å². The Hall–Kier alpha value is -2.36. The van der Waals surface area contributed by atoms with Crippen LogP contribution in [0.15, 0.2) is 24.3 Å². The molecule has 1 atom stereocenters. The normalized spacial score (nSPS) is 17.5. The minimum Gasteiger partial charge on any atom is -0.478 e. The van der Waals surface area contributed by atoms with Gasteiger partial charge in [0.1, 0.15) is 10.8 Å². The van der Waals surface area contributed by atoms with Crippen LogP contribution in [0.25, 0.3) is 0 Å².